The lowest BCUT2D eigenvalue weighted by Gasteiger charge is -2.38. The summed E-state index contributed by atoms with van der Waals surface area (Å²) in [5.74, 6) is 0.125. The fourth-order valence-corrected chi connectivity index (χ4v) is 4.21. The quantitative estimate of drug-likeness (QED) is 0.543. The van der Waals surface area contributed by atoms with Gasteiger partial charge in [0.25, 0.3) is 11.6 Å². The summed E-state index contributed by atoms with van der Waals surface area (Å²) < 4.78 is 5.98. The number of hydrogen-bond donors (Lipinski definition) is 1. The van der Waals surface area contributed by atoms with Crippen LogP contribution in [0.1, 0.15) is 19.3 Å². The Morgan fingerprint density at radius 3 is 2.62 bits per heavy atom. The maximum atomic E-state index is 13.0. The Bertz CT molecular complexity index is 1040. The number of para-hydroxylation sites is 2. The first-order valence-electron chi connectivity index (χ1n) is 10.5. The summed E-state index contributed by atoms with van der Waals surface area (Å²) in [6.45, 7) is 1.66. The molecular formula is C22H23ClN4O5. The van der Waals surface area contributed by atoms with Gasteiger partial charge in [0.1, 0.15) is 5.75 Å². The third kappa shape index (κ3) is 4.77. The maximum Gasteiger partial charge on any atom is 0.271 e. The van der Waals surface area contributed by atoms with E-state index in [9.17, 15) is 19.7 Å². The van der Waals surface area contributed by atoms with Crippen molar-refractivity contribution in [1.29, 1.82) is 0 Å². The van der Waals surface area contributed by atoms with E-state index < -0.39 is 11.0 Å². The summed E-state index contributed by atoms with van der Waals surface area (Å²) in [5, 5.41) is 13.6. The average Bonchev–Trinajstić information content (AvgIpc) is 2.80. The maximum absolute atomic E-state index is 13.0. The molecule has 32 heavy (non-hydrogen) atoms. The summed E-state index contributed by atoms with van der Waals surface area (Å²) in [4.78, 5) is 39.7. The molecule has 0 aliphatic carbocycles. The van der Waals surface area contributed by atoms with E-state index in [-0.39, 0.29) is 41.3 Å². The van der Waals surface area contributed by atoms with Gasteiger partial charge in [0.05, 0.1) is 34.4 Å². The highest BCUT2D eigenvalue weighted by atomic mass is 35.5. The molecule has 10 heteroatoms. The van der Waals surface area contributed by atoms with Crippen LogP contribution in [0.4, 0.5) is 17.1 Å². The molecule has 0 bridgehead atoms. The van der Waals surface area contributed by atoms with Crippen molar-refractivity contribution in [3.63, 3.8) is 0 Å². The Hall–Kier alpha value is -3.33. The molecule has 2 aromatic rings. The number of amides is 2. The lowest BCUT2D eigenvalue weighted by molar-refractivity contribution is -0.384. The van der Waals surface area contributed by atoms with Gasteiger partial charge in [-0.3, -0.25) is 19.7 Å². The molecule has 9 nitrogen and oxygen atoms in total. The van der Waals surface area contributed by atoms with Crippen molar-refractivity contribution in [2.45, 2.75) is 25.4 Å². The molecule has 4 rings (SSSR count). The van der Waals surface area contributed by atoms with E-state index in [4.69, 9.17) is 16.3 Å². The second-order valence-electron chi connectivity index (χ2n) is 7.81. The predicted molar refractivity (Wildman–Crippen MR) is 120 cm³/mol. The smallest absolute Gasteiger partial charge is 0.271 e. The van der Waals surface area contributed by atoms with Gasteiger partial charge >= 0.3 is 0 Å². The third-order valence-electron chi connectivity index (χ3n) is 5.58. The fraction of sp³-hybridized carbons (Fsp3) is 0.364. The average molecular weight is 459 g/mol. The molecular weight excluding hydrogens is 436 g/mol. The summed E-state index contributed by atoms with van der Waals surface area (Å²) >= 11 is 6.09. The molecule has 1 unspecified atom stereocenters. The van der Waals surface area contributed by atoms with Crippen molar-refractivity contribution in [1.82, 2.24) is 4.90 Å². The zero-order chi connectivity index (χ0) is 22.7. The number of carbonyl (C=O) groups excluding carboxylic acids is 2. The number of nitrogens with zero attached hydrogens (tertiary/aromatic N) is 3. The van der Waals surface area contributed by atoms with E-state index in [2.05, 4.69) is 5.32 Å². The molecule has 168 valence electrons. The third-order valence-corrected chi connectivity index (χ3v) is 5.89. The van der Waals surface area contributed by atoms with E-state index in [0.29, 0.717) is 5.75 Å². The van der Waals surface area contributed by atoms with Crippen LogP contribution in [0, 0.1) is 10.1 Å². The Kier molecular flexibility index (Phi) is 6.45. The lowest BCUT2D eigenvalue weighted by Crippen LogP contribution is -2.52. The van der Waals surface area contributed by atoms with Crippen LogP contribution in [-0.4, -0.2) is 53.9 Å². The number of nitro benzene ring substituents is 1. The molecule has 0 aromatic heterocycles. The topological polar surface area (TPSA) is 105 Å². The molecule has 2 aliphatic rings. The largest absolute Gasteiger partial charge is 0.477 e. The number of piperidine rings is 1. The van der Waals surface area contributed by atoms with Crippen LogP contribution in [0.15, 0.2) is 42.5 Å². The van der Waals surface area contributed by atoms with Gasteiger partial charge in [0, 0.05) is 25.2 Å². The minimum atomic E-state index is -0.696. The van der Waals surface area contributed by atoms with Crippen molar-refractivity contribution in [2.75, 3.05) is 36.4 Å². The van der Waals surface area contributed by atoms with Gasteiger partial charge in [-0.1, -0.05) is 23.7 Å². The molecule has 1 fully saturated rings. The van der Waals surface area contributed by atoms with Gasteiger partial charge in [-0.05, 0) is 37.5 Å². The Morgan fingerprint density at radius 1 is 1.16 bits per heavy atom. The normalized spacial score (nSPS) is 17.8. The first-order valence-corrected chi connectivity index (χ1v) is 10.8. The van der Waals surface area contributed by atoms with Gasteiger partial charge in [-0.15, -0.1) is 0 Å². The number of likely N-dealkylation sites (tertiary alicyclic amines) is 1. The van der Waals surface area contributed by atoms with E-state index in [0.717, 1.165) is 38.0 Å². The highest BCUT2D eigenvalue weighted by molar-refractivity contribution is 6.34. The number of carbonyl (C=O) groups is 2. The van der Waals surface area contributed by atoms with Gasteiger partial charge in [-0.25, -0.2) is 0 Å². The van der Waals surface area contributed by atoms with Crippen molar-refractivity contribution in [3.8, 4) is 5.75 Å². The number of nitro groups is 1. The highest BCUT2D eigenvalue weighted by Gasteiger charge is 2.34. The first-order chi connectivity index (χ1) is 15.4. The van der Waals surface area contributed by atoms with E-state index >= 15 is 0 Å². The number of rotatable bonds is 5. The van der Waals surface area contributed by atoms with Crippen LogP contribution >= 0.6 is 11.6 Å². The van der Waals surface area contributed by atoms with Crippen molar-refractivity contribution >= 4 is 40.5 Å². The second-order valence-corrected chi connectivity index (χ2v) is 8.22. The fourth-order valence-electron chi connectivity index (χ4n) is 3.99. The van der Waals surface area contributed by atoms with Crippen LogP contribution in [0.25, 0.3) is 0 Å². The van der Waals surface area contributed by atoms with Crippen LogP contribution in [0.2, 0.25) is 5.02 Å². The first kappa shape index (κ1) is 21.9. The minimum Gasteiger partial charge on any atom is -0.477 e. The predicted octanol–water partition coefficient (Wildman–Crippen LogP) is 3.47. The number of fused-ring (bicyclic) bond motifs is 1. The van der Waals surface area contributed by atoms with Crippen LogP contribution in [0.3, 0.4) is 0 Å². The summed E-state index contributed by atoms with van der Waals surface area (Å²) in [6, 6.07) is 11.1. The summed E-state index contributed by atoms with van der Waals surface area (Å²) in [7, 11) is 0. The van der Waals surface area contributed by atoms with E-state index in [1.54, 1.807) is 11.0 Å². The number of hydrogen-bond acceptors (Lipinski definition) is 6. The van der Waals surface area contributed by atoms with Crippen LogP contribution in [0.5, 0.6) is 5.75 Å². The highest BCUT2D eigenvalue weighted by Crippen LogP contribution is 2.34. The molecule has 2 aromatic carbocycles. The molecule has 0 spiro atoms. The van der Waals surface area contributed by atoms with Crippen molar-refractivity contribution < 1.29 is 19.2 Å². The Morgan fingerprint density at radius 2 is 1.91 bits per heavy atom. The molecule has 0 saturated carbocycles. The Labute approximate surface area is 190 Å². The zero-order valence-electron chi connectivity index (χ0n) is 17.3. The number of anilines is 2. The van der Waals surface area contributed by atoms with Gasteiger partial charge in [0.15, 0.2) is 6.10 Å². The van der Waals surface area contributed by atoms with E-state index in [1.807, 2.05) is 23.1 Å². The molecule has 2 aliphatic heterocycles. The number of nitrogens with one attached hydrogen (secondary N) is 1. The lowest BCUT2D eigenvalue weighted by atomic mass is 10.1. The second kappa shape index (κ2) is 9.44. The molecule has 1 atom stereocenters. The number of non-ortho nitro benzene ring substituents is 1. The van der Waals surface area contributed by atoms with Gasteiger partial charge in [0.2, 0.25) is 5.91 Å². The van der Waals surface area contributed by atoms with Crippen molar-refractivity contribution in [2.24, 2.45) is 0 Å². The Balaban J connectivity index is 1.48. The zero-order valence-corrected chi connectivity index (χ0v) is 18.1. The van der Waals surface area contributed by atoms with Crippen LogP contribution in [-0.2, 0) is 9.59 Å². The van der Waals surface area contributed by atoms with Gasteiger partial charge < -0.3 is 19.9 Å². The molecule has 0 radical (unpaired) electrons. The molecule has 2 heterocycles. The SMILES string of the molecule is O=C(CN1CC(C(=O)N2CCCCC2)Oc2ccccc21)Nc1ccc([N+](=O)[O-])cc1Cl. The van der Waals surface area contributed by atoms with E-state index in [1.165, 1.54) is 18.2 Å². The monoisotopic (exact) mass is 458 g/mol. The minimum absolute atomic E-state index is 0.0303. The number of benzene rings is 2. The number of halogens is 1. The summed E-state index contributed by atoms with van der Waals surface area (Å²) in [6.07, 6.45) is 2.39. The molecule has 1 saturated heterocycles. The standard InChI is InChI=1S/C22H23ClN4O5/c23-16-12-15(27(30)31)8-9-17(16)24-21(28)14-26-13-20(22(29)25-10-4-1-5-11-25)32-19-7-3-2-6-18(19)26/h2-3,6-9,12,20H,1,4-5,10-11,13-14H2,(H,24,28). The molecule has 1 N–H and O–H groups in total. The van der Waals surface area contributed by atoms with Gasteiger partial charge in [-0.2, -0.15) is 0 Å². The molecule has 2 amide bonds. The van der Waals surface area contributed by atoms with Crippen molar-refractivity contribution in [3.05, 3.63) is 57.6 Å². The summed E-state index contributed by atoms with van der Waals surface area (Å²) in [5.41, 5.74) is 0.846. The van der Waals surface area contributed by atoms with Crippen LogP contribution < -0.4 is 15.0 Å². The number of ether oxygens (including phenoxy) is 1.